The zero-order valence-electron chi connectivity index (χ0n) is 13.8. The van der Waals surface area contributed by atoms with Crippen LogP contribution in [0.5, 0.6) is 0 Å². The molecule has 0 atom stereocenters. The highest BCUT2D eigenvalue weighted by atomic mass is 32.2. The number of halogens is 3. The molecule has 9 heteroatoms. The smallest absolute Gasteiger partial charge is 0.267 e. The van der Waals surface area contributed by atoms with E-state index in [9.17, 15) is 21.6 Å². The van der Waals surface area contributed by atoms with Crippen molar-refractivity contribution in [1.29, 1.82) is 0 Å². The van der Waals surface area contributed by atoms with Gasteiger partial charge in [-0.1, -0.05) is 30.3 Å². The number of nitrogens with one attached hydrogen (secondary N) is 1. The van der Waals surface area contributed by atoms with Crippen LogP contribution in [0.2, 0.25) is 0 Å². The standard InChI is InChI=1S/C17H18F3N3O2S/c18-17(19,20)16-12-15(14-6-7-14)23(22-16)10-9-21-26(24,25)11-8-13-4-2-1-3-5-13/h1-5,8,11-12,14,21H,6-7,9-10H2/b11-8+. The van der Waals surface area contributed by atoms with Gasteiger partial charge in [0.25, 0.3) is 0 Å². The summed E-state index contributed by atoms with van der Waals surface area (Å²) in [5.74, 6) is 0.0770. The minimum atomic E-state index is -4.51. The van der Waals surface area contributed by atoms with E-state index in [0.29, 0.717) is 5.69 Å². The van der Waals surface area contributed by atoms with Gasteiger partial charge in [0, 0.05) is 23.6 Å². The van der Waals surface area contributed by atoms with Crippen molar-refractivity contribution in [2.75, 3.05) is 6.54 Å². The number of benzene rings is 1. The summed E-state index contributed by atoms with van der Waals surface area (Å²) in [6, 6.07) is 9.97. The fourth-order valence-electron chi connectivity index (χ4n) is 2.53. The van der Waals surface area contributed by atoms with E-state index in [1.807, 2.05) is 6.07 Å². The van der Waals surface area contributed by atoms with Crippen molar-refractivity contribution in [2.24, 2.45) is 0 Å². The molecule has 1 aliphatic carbocycles. The number of hydrogen-bond donors (Lipinski definition) is 1. The number of hydrogen-bond acceptors (Lipinski definition) is 3. The van der Waals surface area contributed by atoms with Crippen molar-refractivity contribution in [3.63, 3.8) is 0 Å². The molecule has 1 aliphatic rings. The molecule has 3 rings (SSSR count). The second-order valence-electron chi connectivity index (χ2n) is 6.10. The van der Waals surface area contributed by atoms with Gasteiger partial charge in [-0.2, -0.15) is 18.3 Å². The van der Waals surface area contributed by atoms with E-state index in [4.69, 9.17) is 0 Å². The molecule has 1 aromatic heterocycles. The summed E-state index contributed by atoms with van der Waals surface area (Å²) in [5.41, 5.74) is 0.304. The average molecular weight is 385 g/mol. The van der Waals surface area contributed by atoms with Gasteiger partial charge in [-0.05, 0) is 30.5 Å². The van der Waals surface area contributed by atoms with Crippen molar-refractivity contribution in [1.82, 2.24) is 14.5 Å². The lowest BCUT2D eigenvalue weighted by molar-refractivity contribution is -0.141. The largest absolute Gasteiger partial charge is 0.435 e. The monoisotopic (exact) mass is 385 g/mol. The molecule has 1 aromatic carbocycles. The van der Waals surface area contributed by atoms with Crippen LogP contribution < -0.4 is 4.72 Å². The number of alkyl halides is 3. The van der Waals surface area contributed by atoms with Crippen LogP contribution in [0.1, 0.15) is 35.7 Å². The van der Waals surface area contributed by atoms with Gasteiger partial charge in [-0.25, -0.2) is 13.1 Å². The molecule has 0 amide bonds. The maximum Gasteiger partial charge on any atom is 0.435 e. The van der Waals surface area contributed by atoms with E-state index in [1.54, 1.807) is 24.3 Å². The first-order valence-corrected chi connectivity index (χ1v) is 9.67. The summed E-state index contributed by atoms with van der Waals surface area (Å²) in [6.07, 6.45) is -1.40. The lowest BCUT2D eigenvalue weighted by atomic mass is 10.2. The molecular formula is C17H18F3N3O2S. The van der Waals surface area contributed by atoms with Crippen molar-refractivity contribution < 1.29 is 21.6 Å². The van der Waals surface area contributed by atoms with E-state index in [-0.39, 0.29) is 19.0 Å². The molecule has 1 N–H and O–H groups in total. The van der Waals surface area contributed by atoms with Crippen LogP contribution in [0.4, 0.5) is 13.2 Å². The summed E-state index contributed by atoms with van der Waals surface area (Å²) in [5, 5.41) is 4.63. The third kappa shape index (κ3) is 4.95. The normalized spacial score (nSPS) is 15.7. The van der Waals surface area contributed by atoms with Crippen molar-refractivity contribution in [2.45, 2.75) is 31.5 Å². The maximum atomic E-state index is 12.8. The summed E-state index contributed by atoms with van der Waals surface area (Å²) in [7, 11) is -3.68. The first kappa shape index (κ1) is 18.7. The Morgan fingerprint density at radius 2 is 1.92 bits per heavy atom. The Hall–Kier alpha value is -2.13. The number of rotatable bonds is 7. The van der Waals surface area contributed by atoms with E-state index < -0.39 is 21.9 Å². The Morgan fingerprint density at radius 3 is 2.54 bits per heavy atom. The molecule has 0 aliphatic heterocycles. The van der Waals surface area contributed by atoms with Gasteiger partial charge in [0.05, 0.1) is 6.54 Å². The molecule has 2 aromatic rings. The molecule has 1 fully saturated rings. The zero-order chi connectivity index (χ0) is 18.8. The quantitative estimate of drug-likeness (QED) is 0.795. The predicted molar refractivity (Wildman–Crippen MR) is 91.6 cm³/mol. The Balaban J connectivity index is 1.62. The number of aromatic nitrogens is 2. The first-order chi connectivity index (χ1) is 12.2. The first-order valence-electron chi connectivity index (χ1n) is 8.12. The van der Waals surface area contributed by atoms with Crippen molar-refractivity contribution >= 4 is 16.1 Å². The molecule has 26 heavy (non-hydrogen) atoms. The van der Waals surface area contributed by atoms with E-state index in [0.717, 1.165) is 29.9 Å². The molecule has 140 valence electrons. The molecule has 0 saturated heterocycles. The molecule has 1 saturated carbocycles. The Kier molecular flexibility index (Phi) is 5.19. The number of sulfonamides is 1. The Morgan fingerprint density at radius 1 is 1.23 bits per heavy atom. The van der Waals surface area contributed by atoms with Crippen LogP contribution in [0.3, 0.4) is 0 Å². The van der Waals surface area contributed by atoms with Gasteiger partial charge in [-0.3, -0.25) is 4.68 Å². The third-order valence-corrected chi connectivity index (χ3v) is 5.06. The molecule has 0 radical (unpaired) electrons. The van der Waals surface area contributed by atoms with Gasteiger partial charge < -0.3 is 0 Å². The minimum Gasteiger partial charge on any atom is -0.267 e. The molecule has 1 heterocycles. The zero-order valence-corrected chi connectivity index (χ0v) is 14.6. The van der Waals surface area contributed by atoms with Crippen LogP contribution >= 0.6 is 0 Å². The lowest BCUT2D eigenvalue weighted by Gasteiger charge is -2.07. The van der Waals surface area contributed by atoms with Crippen LogP contribution in [0.15, 0.2) is 41.8 Å². The topological polar surface area (TPSA) is 64.0 Å². The summed E-state index contributed by atoms with van der Waals surface area (Å²) in [4.78, 5) is 0. The Labute approximate surface area is 149 Å². The highest BCUT2D eigenvalue weighted by molar-refractivity contribution is 7.92. The summed E-state index contributed by atoms with van der Waals surface area (Å²) < 4.78 is 66.1. The van der Waals surface area contributed by atoms with Gasteiger partial charge in [0.2, 0.25) is 10.0 Å². The maximum absolute atomic E-state index is 12.8. The lowest BCUT2D eigenvalue weighted by Crippen LogP contribution is -2.26. The van der Waals surface area contributed by atoms with E-state index >= 15 is 0 Å². The Bertz CT molecular complexity index is 886. The summed E-state index contributed by atoms with van der Waals surface area (Å²) in [6.45, 7) is 0.000477. The third-order valence-electron chi connectivity index (χ3n) is 3.96. The SMILES string of the molecule is O=S(=O)(/C=C/c1ccccc1)NCCn1nc(C(F)(F)F)cc1C1CC1. The summed E-state index contributed by atoms with van der Waals surface area (Å²) >= 11 is 0. The van der Waals surface area contributed by atoms with Crippen molar-refractivity contribution in [3.05, 3.63) is 58.8 Å². The van der Waals surface area contributed by atoms with Gasteiger partial charge >= 0.3 is 6.18 Å². The van der Waals surface area contributed by atoms with Gasteiger partial charge in [-0.15, -0.1) is 0 Å². The minimum absolute atomic E-state index is 0.0415. The predicted octanol–water partition coefficient (Wildman–Crippen LogP) is 3.37. The highest BCUT2D eigenvalue weighted by Crippen LogP contribution is 2.42. The van der Waals surface area contributed by atoms with Crippen molar-refractivity contribution in [3.8, 4) is 0 Å². The average Bonchev–Trinajstić information content (AvgIpc) is 3.33. The van der Waals surface area contributed by atoms with Crippen LogP contribution in [-0.2, 0) is 22.7 Å². The van der Waals surface area contributed by atoms with Crippen LogP contribution in [-0.4, -0.2) is 24.7 Å². The molecule has 0 spiro atoms. The second kappa shape index (κ2) is 7.24. The van der Waals surface area contributed by atoms with E-state index in [2.05, 4.69) is 9.82 Å². The second-order valence-corrected chi connectivity index (χ2v) is 7.75. The number of nitrogens with zero attached hydrogens (tertiary/aromatic N) is 2. The fraction of sp³-hybridized carbons (Fsp3) is 0.353. The van der Waals surface area contributed by atoms with Crippen LogP contribution in [0, 0.1) is 0 Å². The van der Waals surface area contributed by atoms with Crippen LogP contribution in [0.25, 0.3) is 6.08 Å². The molecule has 0 unspecified atom stereocenters. The molecule has 0 bridgehead atoms. The van der Waals surface area contributed by atoms with Gasteiger partial charge in [0.1, 0.15) is 0 Å². The highest BCUT2D eigenvalue weighted by Gasteiger charge is 2.37. The van der Waals surface area contributed by atoms with E-state index in [1.165, 1.54) is 10.8 Å². The van der Waals surface area contributed by atoms with Gasteiger partial charge in [0.15, 0.2) is 5.69 Å². The fourth-order valence-corrected chi connectivity index (χ4v) is 3.34. The molecule has 5 nitrogen and oxygen atoms in total. The molecular weight excluding hydrogens is 367 g/mol.